The number of nitrogens with one attached hydrogen (secondary N) is 2. The number of carbonyl (C=O) groups excluding carboxylic acids is 1. The Morgan fingerprint density at radius 2 is 2.21 bits per heavy atom. The monoisotopic (exact) mass is 202 g/mol. The third-order valence-electron chi connectivity index (χ3n) is 1.99. The Morgan fingerprint density at radius 3 is 2.79 bits per heavy atom. The van der Waals surface area contributed by atoms with Crippen LogP contribution in [0.3, 0.4) is 0 Å². The van der Waals surface area contributed by atoms with Gasteiger partial charge < -0.3 is 15.7 Å². The van der Waals surface area contributed by atoms with Gasteiger partial charge in [0.15, 0.2) is 0 Å². The van der Waals surface area contributed by atoms with Crippen LogP contribution in [-0.4, -0.2) is 37.3 Å². The fourth-order valence-electron chi connectivity index (χ4n) is 1.18. The molecule has 4 heteroatoms. The maximum Gasteiger partial charge on any atom is 0.220 e. The molecule has 0 aliphatic rings. The molecule has 4 nitrogen and oxygen atoms in total. The molecule has 0 aromatic rings. The van der Waals surface area contributed by atoms with Gasteiger partial charge in [-0.05, 0) is 26.4 Å². The normalized spacial score (nSPS) is 12.5. The second-order valence-electron chi connectivity index (χ2n) is 3.45. The lowest BCUT2D eigenvalue weighted by Crippen LogP contribution is -2.32. The summed E-state index contributed by atoms with van der Waals surface area (Å²) >= 11 is 0. The van der Waals surface area contributed by atoms with Crippen molar-refractivity contribution in [3.8, 4) is 0 Å². The smallest absolute Gasteiger partial charge is 0.220 e. The maximum atomic E-state index is 11.2. The molecule has 0 aromatic heterocycles. The molecule has 0 rings (SSSR count). The van der Waals surface area contributed by atoms with Gasteiger partial charge in [0.1, 0.15) is 0 Å². The molecule has 1 atom stereocenters. The molecule has 0 saturated carbocycles. The van der Waals surface area contributed by atoms with Gasteiger partial charge in [0.05, 0.1) is 6.10 Å². The van der Waals surface area contributed by atoms with Crippen molar-refractivity contribution in [2.24, 2.45) is 0 Å². The van der Waals surface area contributed by atoms with Gasteiger partial charge in [0.2, 0.25) is 5.91 Å². The molecule has 0 fully saturated rings. The lowest BCUT2D eigenvalue weighted by Gasteiger charge is -2.10. The molecule has 1 amide bonds. The zero-order valence-electron chi connectivity index (χ0n) is 9.18. The quantitative estimate of drug-likeness (QED) is 0.495. The van der Waals surface area contributed by atoms with E-state index in [1.54, 1.807) is 0 Å². The minimum atomic E-state index is -0.395. The minimum Gasteiger partial charge on any atom is -0.391 e. The Bertz CT molecular complexity index is 151. The topological polar surface area (TPSA) is 61.4 Å². The number of rotatable bonds is 8. The first-order valence-electron chi connectivity index (χ1n) is 5.30. The van der Waals surface area contributed by atoms with Crippen LogP contribution >= 0.6 is 0 Å². The van der Waals surface area contributed by atoms with Gasteiger partial charge in [0, 0.05) is 13.0 Å². The summed E-state index contributed by atoms with van der Waals surface area (Å²) < 4.78 is 0. The predicted molar refractivity (Wildman–Crippen MR) is 57.1 cm³/mol. The first-order valence-corrected chi connectivity index (χ1v) is 5.30. The summed E-state index contributed by atoms with van der Waals surface area (Å²) in [5.41, 5.74) is 0. The lowest BCUT2D eigenvalue weighted by molar-refractivity contribution is -0.121. The van der Waals surface area contributed by atoms with Crippen LogP contribution in [-0.2, 0) is 4.79 Å². The van der Waals surface area contributed by atoms with Gasteiger partial charge in [0.25, 0.3) is 0 Å². The van der Waals surface area contributed by atoms with Gasteiger partial charge in [-0.15, -0.1) is 0 Å². The SMILES string of the molecule is CCCC(O)CNC(=O)CCCNC. The lowest BCUT2D eigenvalue weighted by atomic mass is 10.2. The Hall–Kier alpha value is -0.610. The molecule has 0 aliphatic carbocycles. The summed E-state index contributed by atoms with van der Waals surface area (Å²) in [6, 6.07) is 0. The fraction of sp³-hybridized carbons (Fsp3) is 0.900. The van der Waals surface area contributed by atoms with E-state index < -0.39 is 6.10 Å². The van der Waals surface area contributed by atoms with Crippen LogP contribution in [0.2, 0.25) is 0 Å². The third-order valence-corrected chi connectivity index (χ3v) is 1.99. The summed E-state index contributed by atoms with van der Waals surface area (Å²) in [5, 5.41) is 15.0. The molecule has 0 aliphatic heterocycles. The van der Waals surface area contributed by atoms with Crippen LogP contribution in [0.4, 0.5) is 0 Å². The van der Waals surface area contributed by atoms with Crippen molar-refractivity contribution in [3.63, 3.8) is 0 Å². The number of amides is 1. The molecular formula is C10H22N2O2. The van der Waals surface area contributed by atoms with E-state index in [4.69, 9.17) is 0 Å². The van der Waals surface area contributed by atoms with E-state index in [0.717, 1.165) is 25.8 Å². The van der Waals surface area contributed by atoms with Crippen LogP contribution in [0.5, 0.6) is 0 Å². The summed E-state index contributed by atoms with van der Waals surface area (Å²) in [7, 11) is 1.86. The highest BCUT2D eigenvalue weighted by atomic mass is 16.3. The van der Waals surface area contributed by atoms with E-state index in [-0.39, 0.29) is 5.91 Å². The summed E-state index contributed by atoms with van der Waals surface area (Å²) in [4.78, 5) is 11.2. The Kier molecular flexibility index (Phi) is 8.57. The number of aliphatic hydroxyl groups is 1. The average molecular weight is 202 g/mol. The summed E-state index contributed by atoms with van der Waals surface area (Å²) in [5.74, 6) is 0.0235. The molecule has 0 bridgehead atoms. The van der Waals surface area contributed by atoms with Crippen LogP contribution < -0.4 is 10.6 Å². The summed E-state index contributed by atoms with van der Waals surface area (Å²) in [6.45, 7) is 3.25. The first kappa shape index (κ1) is 13.4. The molecule has 0 heterocycles. The number of aliphatic hydroxyl groups excluding tert-OH is 1. The van der Waals surface area contributed by atoms with Crippen LogP contribution in [0.25, 0.3) is 0 Å². The van der Waals surface area contributed by atoms with Crippen molar-refractivity contribution >= 4 is 5.91 Å². The van der Waals surface area contributed by atoms with Crippen molar-refractivity contribution in [1.29, 1.82) is 0 Å². The number of carbonyl (C=O) groups is 1. The van der Waals surface area contributed by atoms with Crippen molar-refractivity contribution in [3.05, 3.63) is 0 Å². The highest BCUT2D eigenvalue weighted by Crippen LogP contribution is 1.94. The Labute approximate surface area is 86.1 Å². The van der Waals surface area contributed by atoms with Crippen molar-refractivity contribution in [1.82, 2.24) is 10.6 Å². The zero-order chi connectivity index (χ0) is 10.8. The zero-order valence-corrected chi connectivity index (χ0v) is 9.18. The first-order chi connectivity index (χ1) is 6.70. The molecule has 84 valence electrons. The molecule has 0 aromatic carbocycles. The van der Waals surface area contributed by atoms with Crippen LogP contribution in [0.15, 0.2) is 0 Å². The second kappa shape index (κ2) is 8.97. The van der Waals surface area contributed by atoms with Gasteiger partial charge in [-0.2, -0.15) is 0 Å². The molecular weight excluding hydrogens is 180 g/mol. The second-order valence-corrected chi connectivity index (χ2v) is 3.45. The van der Waals surface area contributed by atoms with Crippen LogP contribution in [0.1, 0.15) is 32.6 Å². The Balaban J connectivity index is 3.34. The average Bonchev–Trinajstić information content (AvgIpc) is 2.16. The van der Waals surface area contributed by atoms with Crippen molar-refractivity contribution in [2.45, 2.75) is 38.7 Å². The number of hydrogen-bond donors (Lipinski definition) is 3. The highest BCUT2D eigenvalue weighted by Gasteiger charge is 2.05. The minimum absolute atomic E-state index is 0.0235. The van der Waals surface area contributed by atoms with E-state index >= 15 is 0 Å². The van der Waals surface area contributed by atoms with E-state index in [1.165, 1.54) is 0 Å². The van der Waals surface area contributed by atoms with Gasteiger partial charge in [-0.3, -0.25) is 4.79 Å². The van der Waals surface area contributed by atoms with E-state index in [0.29, 0.717) is 13.0 Å². The number of hydrogen-bond acceptors (Lipinski definition) is 3. The van der Waals surface area contributed by atoms with Crippen molar-refractivity contribution < 1.29 is 9.90 Å². The van der Waals surface area contributed by atoms with Gasteiger partial charge in [-0.1, -0.05) is 13.3 Å². The Morgan fingerprint density at radius 1 is 1.50 bits per heavy atom. The van der Waals surface area contributed by atoms with Crippen LogP contribution in [0, 0.1) is 0 Å². The highest BCUT2D eigenvalue weighted by molar-refractivity contribution is 5.75. The molecule has 1 unspecified atom stereocenters. The van der Waals surface area contributed by atoms with E-state index in [9.17, 15) is 9.90 Å². The molecule has 0 radical (unpaired) electrons. The van der Waals surface area contributed by atoms with Gasteiger partial charge in [-0.25, -0.2) is 0 Å². The van der Waals surface area contributed by atoms with Crippen molar-refractivity contribution in [2.75, 3.05) is 20.1 Å². The molecule has 14 heavy (non-hydrogen) atoms. The fourth-order valence-corrected chi connectivity index (χ4v) is 1.18. The van der Waals surface area contributed by atoms with E-state index in [2.05, 4.69) is 10.6 Å². The predicted octanol–water partition coefficient (Wildman–Crippen LogP) is 0.263. The molecule has 0 spiro atoms. The summed E-state index contributed by atoms with van der Waals surface area (Å²) in [6.07, 6.45) is 2.66. The third kappa shape index (κ3) is 8.01. The molecule has 3 N–H and O–H groups in total. The molecule has 0 saturated heterocycles. The van der Waals surface area contributed by atoms with Gasteiger partial charge >= 0.3 is 0 Å². The largest absolute Gasteiger partial charge is 0.391 e. The standard InChI is InChI=1S/C10H22N2O2/c1-3-5-9(13)8-12-10(14)6-4-7-11-2/h9,11,13H,3-8H2,1-2H3,(H,12,14). The maximum absolute atomic E-state index is 11.2. The van der Waals surface area contributed by atoms with E-state index in [1.807, 2.05) is 14.0 Å².